The predicted molar refractivity (Wildman–Crippen MR) is 94.0 cm³/mol. The summed E-state index contributed by atoms with van der Waals surface area (Å²) in [6.07, 6.45) is 0.226. The fourth-order valence-electron chi connectivity index (χ4n) is 2.31. The van der Waals surface area contributed by atoms with Gasteiger partial charge in [-0.05, 0) is 23.3 Å². The van der Waals surface area contributed by atoms with Crippen LogP contribution in [0.25, 0.3) is 0 Å². The number of amides is 1. The third-order valence-corrected chi connectivity index (χ3v) is 3.80. The fourth-order valence-corrected chi connectivity index (χ4v) is 2.31. The molecule has 0 spiro atoms. The second-order valence-electron chi connectivity index (χ2n) is 5.91. The summed E-state index contributed by atoms with van der Waals surface area (Å²) in [6.45, 7) is 0.527. The summed E-state index contributed by atoms with van der Waals surface area (Å²) in [4.78, 5) is 26.2. The molecule has 6 nitrogen and oxygen atoms in total. The number of benzene rings is 2. The van der Waals surface area contributed by atoms with Crippen molar-refractivity contribution in [3.05, 3.63) is 69.8 Å². The van der Waals surface area contributed by atoms with Crippen LogP contribution in [0.1, 0.15) is 11.1 Å². The second kappa shape index (κ2) is 7.59. The number of non-ortho nitro benzene ring substituents is 1. The van der Waals surface area contributed by atoms with E-state index >= 15 is 0 Å². The monoisotopic (exact) mass is 327 g/mol. The molecule has 0 fully saturated rings. The van der Waals surface area contributed by atoms with E-state index < -0.39 is 4.92 Å². The molecule has 0 bridgehead atoms. The van der Waals surface area contributed by atoms with Crippen molar-refractivity contribution < 1.29 is 9.72 Å². The van der Waals surface area contributed by atoms with Crippen LogP contribution in [0.5, 0.6) is 0 Å². The highest BCUT2D eigenvalue weighted by Gasteiger charge is 2.12. The molecule has 2 rings (SSSR count). The Morgan fingerprint density at radius 1 is 0.958 bits per heavy atom. The fraction of sp³-hybridized carbons (Fsp3) is 0.278. The van der Waals surface area contributed by atoms with Crippen LogP contribution >= 0.6 is 0 Å². The first-order valence-corrected chi connectivity index (χ1v) is 7.60. The van der Waals surface area contributed by atoms with Gasteiger partial charge < -0.3 is 9.80 Å². The SMILES string of the molecule is CN(Cc1ccc(N(C)C)cc1)C(=O)Cc1ccc([N+](=O)[O-])cc1. The number of hydrogen-bond donors (Lipinski definition) is 0. The predicted octanol–water partition coefficient (Wildman–Crippen LogP) is 2.86. The Balaban J connectivity index is 1.95. The minimum atomic E-state index is -0.449. The quantitative estimate of drug-likeness (QED) is 0.604. The van der Waals surface area contributed by atoms with Gasteiger partial charge in [-0.25, -0.2) is 0 Å². The zero-order valence-electron chi connectivity index (χ0n) is 14.1. The molecule has 0 unspecified atom stereocenters. The van der Waals surface area contributed by atoms with Gasteiger partial charge >= 0.3 is 0 Å². The molecule has 0 aliphatic rings. The largest absolute Gasteiger partial charge is 0.378 e. The lowest BCUT2D eigenvalue weighted by atomic mass is 10.1. The molecular formula is C18H21N3O3. The van der Waals surface area contributed by atoms with E-state index in [2.05, 4.69) is 0 Å². The maximum Gasteiger partial charge on any atom is 0.269 e. The number of likely N-dealkylation sites (N-methyl/N-ethyl adjacent to an activating group) is 1. The highest BCUT2D eigenvalue weighted by Crippen LogP contribution is 2.15. The van der Waals surface area contributed by atoms with E-state index in [1.165, 1.54) is 12.1 Å². The minimum absolute atomic E-state index is 0.0273. The summed E-state index contributed by atoms with van der Waals surface area (Å²) in [6, 6.07) is 14.1. The number of carbonyl (C=O) groups excluding carboxylic acids is 1. The van der Waals surface area contributed by atoms with Crippen LogP contribution in [0.2, 0.25) is 0 Å². The number of hydrogen-bond acceptors (Lipinski definition) is 4. The van der Waals surface area contributed by atoms with E-state index in [1.807, 2.05) is 43.3 Å². The van der Waals surface area contributed by atoms with Crippen molar-refractivity contribution in [3.63, 3.8) is 0 Å². The highest BCUT2D eigenvalue weighted by atomic mass is 16.6. The van der Waals surface area contributed by atoms with Crippen LogP contribution < -0.4 is 4.90 Å². The molecule has 0 atom stereocenters. The summed E-state index contributed by atoms with van der Waals surface area (Å²) >= 11 is 0. The smallest absolute Gasteiger partial charge is 0.269 e. The highest BCUT2D eigenvalue weighted by molar-refractivity contribution is 5.78. The molecule has 0 saturated heterocycles. The van der Waals surface area contributed by atoms with Gasteiger partial charge in [-0.3, -0.25) is 14.9 Å². The Morgan fingerprint density at radius 2 is 1.50 bits per heavy atom. The van der Waals surface area contributed by atoms with E-state index in [0.717, 1.165) is 16.8 Å². The Hall–Kier alpha value is -2.89. The zero-order chi connectivity index (χ0) is 17.7. The molecule has 0 radical (unpaired) electrons. The van der Waals surface area contributed by atoms with Crippen molar-refractivity contribution in [2.45, 2.75) is 13.0 Å². The molecule has 0 saturated carbocycles. The first-order valence-electron chi connectivity index (χ1n) is 7.60. The Kier molecular flexibility index (Phi) is 5.52. The van der Waals surface area contributed by atoms with Gasteiger partial charge in [0.05, 0.1) is 11.3 Å². The lowest BCUT2D eigenvalue weighted by Gasteiger charge is -2.18. The van der Waals surface area contributed by atoms with E-state index in [4.69, 9.17) is 0 Å². The third kappa shape index (κ3) is 4.55. The van der Waals surface area contributed by atoms with Crippen LogP contribution in [0.3, 0.4) is 0 Å². The van der Waals surface area contributed by atoms with Crippen LogP contribution in [0.4, 0.5) is 11.4 Å². The second-order valence-corrected chi connectivity index (χ2v) is 5.91. The summed E-state index contributed by atoms with van der Waals surface area (Å²) in [5.74, 6) is -0.0273. The molecule has 6 heteroatoms. The van der Waals surface area contributed by atoms with Crippen molar-refractivity contribution in [2.75, 3.05) is 26.0 Å². The van der Waals surface area contributed by atoms with Gasteiger partial charge in [0.25, 0.3) is 5.69 Å². The van der Waals surface area contributed by atoms with Gasteiger partial charge in [0.15, 0.2) is 0 Å². The summed E-state index contributed by atoms with van der Waals surface area (Å²) in [5, 5.41) is 10.6. The van der Waals surface area contributed by atoms with Gasteiger partial charge in [-0.1, -0.05) is 24.3 Å². The van der Waals surface area contributed by atoms with Gasteiger partial charge in [-0.15, -0.1) is 0 Å². The first kappa shape index (κ1) is 17.5. The van der Waals surface area contributed by atoms with E-state index in [-0.39, 0.29) is 18.0 Å². The minimum Gasteiger partial charge on any atom is -0.378 e. The molecule has 0 aliphatic heterocycles. The van der Waals surface area contributed by atoms with E-state index in [1.54, 1.807) is 24.1 Å². The van der Waals surface area contributed by atoms with Crippen LogP contribution in [-0.2, 0) is 17.8 Å². The Bertz CT molecular complexity index is 709. The average molecular weight is 327 g/mol. The van der Waals surface area contributed by atoms with Gasteiger partial charge in [-0.2, -0.15) is 0 Å². The van der Waals surface area contributed by atoms with Crippen LogP contribution in [-0.4, -0.2) is 36.9 Å². The number of nitro groups is 1. The van der Waals surface area contributed by atoms with E-state index in [9.17, 15) is 14.9 Å². The van der Waals surface area contributed by atoms with Crippen molar-refractivity contribution in [2.24, 2.45) is 0 Å². The van der Waals surface area contributed by atoms with Crippen molar-refractivity contribution in [3.8, 4) is 0 Å². The molecule has 0 heterocycles. The van der Waals surface area contributed by atoms with Crippen molar-refractivity contribution in [1.29, 1.82) is 0 Å². The standard InChI is InChI=1S/C18H21N3O3/c1-19(2)16-8-6-15(7-9-16)13-20(3)18(22)12-14-4-10-17(11-5-14)21(23)24/h4-11H,12-13H2,1-3H3. The number of carbonyl (C=O) groups is 1. The Labute approximate surface area is 141 Å². The zero-order valence-corrected chi connectivity index (χ0v) is 14.1. The first-order chi connectivity index (χ1) is 11.4. The van der Waals surface area contributed by atoms with Crippen LogP contribution in [0.15, 0.2) is 48.5 Å². The van der Waals surface area contributed by atoms with Gasteiger partial charge in [0.1, 0.15) is 0 Å². The molecule has 1 amide bonds. The normalized spacial score (nSPS) is 10.3. The summed E-state index contributed by atoms with van der Waals surface area (Å²) < 4.78 is 0. The van der Waals surface area contributed by atoms with Crippen LogP contribution in [0, 0.1) is 10.1 Å². The Morgan fingerprint density at radius 3 is 2.00 bits per heavy atom. The number of nitro benzene ring substituents is 1. The maximum absolute atomic E-state index is 12.3. The lowest BCUT2D eigenvalue weighted by Crippen LogP contribution is -2.27. The maximum atomic E-state index is 12.3. The average Bonchev–Trinajstić information content (AvgIpc) is 2.55. The molecule has 0 N–H and O–H groups in total. The number of rotatable bonds is 6. The molecule has 0 aromatic heterocycles. The topological polar surface area (TPSA) is 66.7 Å². The third-order valence-electron chi connectivity index (χ3n) is 3.80. The summed E-state index contributed by atoms with van der Waals surface area (Å²) in [7, 11) is 5.72. The molecule has 2 aromatic carbocycles. The molecule has 126 valence electrons. The van der Waals surface area contributed by atoms with Gasteiger partial charge in [0.2, 0.25) is 5.91 Å². The number of nitrogens with zero attached hydrogens (tertiary/aromatic N) is 3. The van der Waals surface area contributed by atoms with Crippen molar-refractivity contribution in [1.82, 2.24) is 4.90 Å². The summed E-state index contributed by atoms with van der Waals surface area (Å²) in [5.41, 5.74) is 2.96. The van der Waals surface area contributed by atoms with Gasteiger partial charge in [0, 0.05) is 45.5 Å². The molecule has 0 aliphatic carbocycles. The molecule has 2 aromatic rings. The number of anilines is 1. The van der Waals surface area contributed by atoms with Crippen molar-refractivity contribution >= 4 is 17.3 Å². The van der Waals surface area contributed by atoms with E-state index in [0.29, 0.717) is 6.54 Å². The molecular weight excluding hydrogens is 306 g/mol. The molecule has 24 heavy (non-hydrogen) atoms. The lowest BCUT2D eigenvalue weighted by molar-refractivity contribution is -0.384.